The van der Waals surface area contributed by atoms with E-state index in [1.54, 1.807) is 6.20 Å². The summed E-state index contributed by atoms with van der Waals surface area (Å²) in [5.74, 6) is 0. The van der Waals surface area contributed by atoms with Gasteiger partial charge >= 0.3 is 0 Å². The third-order valence-electron chi connectivity index (χ3n) is 3.57. The van der Waals surface area contributed by atoms with E-state index in [4.69, 9.17) is 11.6 Å². The Morgan fingerprint density at radius 1 is 1.25 bits per heavy atom. The summed E-state index contributed by atoms with van der Waals surface area (Å²) in [6, 6.07) is 8.53. The topological polar surface area (TPSA) is 28.2 Å². The summed E-state index contributed by atoms with van der Waals surface area (Å²) in [6.45, 7) is 4.20. The maximum atomic E-state index is 5.91. The Labute approximate surface area is 128 Å². The lowest BCUT2D eigenvalue weighted by Crippen LogP contribution is -2.19. The van der Waals surface area contributed by atoms with Crippen LogP contribution in [0.1, 0.15) is 23.4 Å². The van der Waals surface area contributed by atoms with Crippen LogP contribution >= 0.6 is 22.9 Å². The molecule has 2 aromatic rings. The van der Waals surface area contributed by atoms with E-state index in [2.05, 4.69) is 39.5 Å². The number of aromatic nitrogens is 1. The Bertz CT molecular complexity index is 564. The first-order chi connectivity index (χ1) is 9.81. The summed E-state index contributed by atoms with van der Waals surface area (Å²) in [6.07, 6.45) is 4.36. The second kappa shape index (κ2) is 6.57. The minimum Gasteiger partial charge on any atom is -0.378 e. The second-order valence-corrected chi connectivity index (χ2v) is 6.80. The van der Waals surface area contributed by atoms with Crippen LogP contribution in [0, 0.1) is 0 Å². The van der Waals surface area contributed by atoms with Crippen LogP contribution in [0.15, 0.2) is 30.5 Å². The Balaban J connectivity index is 1.65. The number of anilines is 1. The molecule has 1 aliphatic rings. The molecule has 0 amide bonds. The number of benzene rings is 1. The zero-order chi connectivity index (χ0) is 13.8. The number of thiazole rings is 1. The van der Waals surface area contributed by atoms with Crippen molar-refractivity contribution in [1.29, 1.82) is 0 Å². The molecule has 1 aromatic carbocycles. The van der Waals surface area contributed by atoms with E-state index >= 15 is 0 Å². The molecule has 1 aromatic heterocycles. The Kier molecular flexibility index (Phi) is 4.55. The van der Waals surface area contributed by atoms with Gasteiger partial charge in [-0.15, -0.1) is 11.3 Å². The monoisotopic (exact) mass is 307 g/mol. The van der Waals surface area contributed by atoms with Gasteiger partial charge in [-0.1, -0.05) is 29.8 Å². The zero-order valence-electron chi connectivity index (χ0n) is 11.3. The highest BCUT2D eigenvalue weighted by molar-refractivity contribution is 7.15. The highest BCUT2D eigenvalue weighted by atomic mass is 35.5. The number of para-hydroxylation sites is 1. The summed E-state index contributed by atoms with van der Waals surface area (Å²) < 4.78 is 0.743. The maximum absolute atomic E-state index is 5.91. The number of likely N-dealkylation sites (tertiary alicyclic amines) is 1. The summed E-state index contributed by atoms with van der Waals surface area (Å²) in [5.41, 5.74) is 2.56. The average Bonchev–Trinajstić information content (AvgIpc) is 3.10. The van der Waals surface area contributed by atoms with E-state index in [-0.39, 0.29) is 0 Å². The van der Waals surface area contributed by atoms with Crippen LogP contribution in [-0.4, -0.2) is 23.0 Å². The number of hydrogen-bond donors (Lipinski definition) is 1. The summed E-state index contributed by atoms with van der Waals surface area (Å²) in [5, 5.41) is 4.50. The van der Waals surface area contributed by atoms with E-state index in [9.17, 15) is 0 Å². The number of halogens is 1. The lowest BCUT2D eigenvalue weighted by molar-refractivity contribution is 0.332. The van der Waals surface area contributed by atoms with Gasteiger partial charge in [0.05, 0.1) is 12.7 Å². The van der Waals surface area contributed by atoms with Gasteiger partial charge in [-0.25, -0.2) is 4.98 Å². The third-order valence-corrected chi connectivity index (χ3v) is 4.68. The summed E-state index contributed by atoms with van der Waals surface area (Å²) in [7, 11) is 0. The minimum atomic E-state index is 0.731. The highest BCUT2D eigenvalue weighted by Crippen LogP contribution is 2.22. The molecule has 0 spiro atoms. The largest absolute Gasteiger partial charge is 0.378 e. The molecule has 2 heterocycles. The number of nitrogens with one attached hydrogen (secondary N) is 1. The quantitative estimate of drug-likeness (QED) is 0.905. The van der Waals surface area contributed by atoms with Crippen molar-refractivity contribution in [3.8, 4) is 0 Å². The van der Waals surface area contributed by atoms with Gasteiger partial charge in [-0.3, -0.25) is 4.90 Å². The molecule has 20 heavy (non-hydrogen) atoms. The van der Waals surface area contributed by atoms with E-state index in [0.717, 1.165) is 22.4 Å². The van der Waals surface area contributed by atoms with Gasteiger partial charge in [0.1, 0.15) is 9.34 Å². The smallest absolute Gasteiger partial charge is 0.113 e. The molecule has 0 aliphatic carbocycles. The molecule has 106 valence electrons. The molecule has 0 unspecified atom stereocenters. The van der Waals surface area contributed by atoms with Crippen LogP contribution in [-0.2, 0) is 13.1 Å². The van der Waals surface area contributed by atoms with Gasteiger partial charge in [-0.2, -0.15) is 0 Å². The SMILES string of the molecule is Clc1cnc(CNc2ccccc2CN2CCCC2)s1. The highest BCUT2D eigenvalue weighted by Gasteiger charge is 2.13. The summed E-state index contributed by atoms with van der Waals surface area (Å²) in [4.78, 5) is 6.79. The standard InChI is InChI=1S/C15H18ClN3S/c16-14-9-18-15(20-14)10-17-13-6-2-1-5-12(13)11-19-7-3-4-8-19/h1-2,5-6,9,17H,3-4,7-8,10-11H2. The van der Waals surface area contributed by atoms with E-state index < -0.39 is 0 Å². The number of rotatable bonds is 5. The first-order valence-corrected chi connectivity index (χ1v) is 8.15. The first kappa shape index (κ1) is 13.9. The fourth-order valence-electron chi connectivity index (χ4n) is 2.55. The van der Waals surface area contributed by atoms with Gasteiger partial charge < -0.3 is 5.32 Å². The van der Waals surface area contributed by atoms with Crippen LogP contribution in [0.3, 0.4) is 0 Å². The van der Waals surface area contributed by atoms with E-state index in [1.807, 2.05) is 0 Å². The Hall–Kier alpha value is -1.10. The van der Waals surface area contributed by atoms with Crippen LogP contribution < -0.4 is 5.32 Å². The van der Waals surface area contributed by atoms with Crippen LogP contribution in [0.25, 0.3) is 0 Å². The van der Waals surface area contributed by atoms with Crippen molar-refractivity contribution in [1.82, 2.24) is 9.88 Å². The van der Waals surface area contributed by atoms with Crippen LogP contribution in [0.2, 0.25) is 4.34 Å². The van der Waals surface area contributed by atoms with E-state index in [1.165, 1.54) is 48.5 Å². The fourth-order valence-corrected chi connectivity index (χ4v) is 3.45. The molecule has 0 atom stereocenters. The van der Waals surface area contributed by atoms with Crippen molar-refractivity contribution >= 4 is 28.6 Å². The molecule has 3 nitrogen and oxygen atoms in total. The second-order valence-electron chi connectivity index (χ2n) is 5.05. The predicted octanol–water partition coefficient (Wildman–Crippen LogP) is 4.00. The van der Waals surface area contributed by atoms with Crippen molar-refractivity contribution < 1.29 is 0 Å². The predicted molar refractivity (Wildman–Crippen MR) is 85.4 cm³/mol. The van der Waals surface area contributed by atoms with Crippen molar-refractivity contribution in [2.45, 2.75) is 25.9 Å². The van der Waals surface area contributed by atoms with Crippen molar-refractivity contribution in [2.75, 3.05) is 18.4 Å². The molecule has 3 rings (SSSR count). The zero-order valence-corrected chi connectivity index (χ0v) is 12.9. The van der Waals surface area contributed by atoms with Crippen LogP contribution in [0.5, 0.6) is 0 Å². The van der Waals surface area contributed by atoms with Crippen molar-refractivity contribution in [3.63, 3.8) is 0 Å². The number of nitrogens with zero attached hydrogens (tertiary/aromatic N) is 2. The van der Waals surface area contributed by atoms with Crippen molar-refractivity contribution in [2.24, 2.45) is 0 Å². The fraction of sp³-hybridized carbons (Fsp3) is 0.400. The average molecular weight is 308 g/mol. The van der Waals surface area contributed by atoms with Gasteiger partial charge in [0.25, 0.3) is 0 Å². The van der Waals surface area contributed by atoms with Gasteiger partial charge in [-0.05, 0) is 37.6 Å². The maximum Gasteiger partial charge on any atom is 0.113 e. The van der Waals surface area contributed by atoms with Gasteiger partial charge in [0.15, 0.2) is 0 Å². The molecule has 1 saturated heterocycles. The molecule has 1 N–H and O–H groups in total. The van der Waals surface area contributed by atoms with Crippen LogP contribution in [0.4, 0.5) is 5.69 Å². The molecular weight excluding hydrogens is 290 g/mol. The van der Waals surface area contributed by atoms with Gasteiger partial charge in [0, 0.05) is 12.2 Å². The molecule has 0 bridgehead atoms. The molecular formula is C15H18ClN3S. The molecule has 1 fully saturated rings. The first-order valence-electron chi connectivity index (χ1n) is 6.95. The van der Waals surface area contributed by atoms with Gasteiger partial charge in [0.2, 0.25) is 0 Å². The summed E-state index contributed by atoms with van der Waals surface area (Å²) >= 11 is 7.44. The normalized spacial score (nSPS) is 15.7. The molecule has 0 radical (unpaired) electrons. The molecule has 5 heteroatoms. The minimum absolute atomic E-state index is 0.731. The number of hydrogen-bond acceptors (Lipinski definition) is 4. The third kappa shape index (κ3) is 3.51. The molecule has 0 saturated carbocycles. The molecule has 1 aliphatic heterocycles. The lowest BCUT2D eigenvalue weighted by atomic mass is 10.1. The Morgan fingerprint density at radius 2 is 2.05 bits per heavy atom. The lowest BCUT2D eigenvalue weighted by Gasteiger charge is -2.18. The van der Waals surface area contributed by atoms with E-state index in [0.29, 0.717) is 0 Å². The Morgan fingerprint density at radius 3 is 2.80 bits per heavy atom. The van der Waals surface area contributed by atoms with Crippen molar-refractivity contribution in [3.05, 3.63) is 45.4 Å².